The molecule has 0 spiro atoms. The molecule has 0 atom stereocenters. The molecule has 1 heterocycles. The van der Waals surface area contributed by atoms with E-state index in [4.69, 9.17) is 0 Å². The number of nitro benzene ring substituents is 1. The lowest BCUT2D eigenvalue weighted by Gasteiger charge is -2.03. The number of carbonyl (C=O) groups is 1. The van der Waals surface area contributed by atoms with Gasteiger partial charge in [-0.25, -0.2) is 0 Å². The van der Waals surface area contributed by atoms with Crippen LogP contribution in [0.15, 0.2) is 38.6 Å². The summed E-state index contributed by atoms with van der Waals surface area (Å²) < 4.78 is 1.70. The topological polar surface area (TPSA) is 72.2 Å². The van der Waals surface area contributed by atoms with Crippen LogP contribution in [0.5, 0.6) is 0 Å². The first-order valence-electron chi connectivity index (χ1n) is 5.43. The summed E-state index contributed by atoms with van der Waals surface area (Å²) in [7, 11) is 0. The van der Waals surface area contributed by atoms with Crippen molar-refractivity contribution in [3.63, 3.8) is 0 Å². The second-order valence-electron chi connectivity index (χ2n) is 3.84. The van der Waals surface area contributed by atoms with E-state index < -0.39 is 4.92 Å². The first kappa shape index (κ1) is 15.1. The van der Waals surface area contributed by atoms with Gasteiger partial charge in [-0.2, -0.15) is 0 Å². The molecule has 1 aromatic carbocycles. The molecule has 2 aromatic rings. The average Bonchev–Trinajstić information content (AvgIpc) is 2.76. The van der Waals surface area contributed by atoms with Gasteiger partial charge >= 0.3 is 0 Å². The molecule has 1 N–H and O–H groups in total. The van der Waals surface area contributed by atoms with E-state index >= 15 is 0 Å². The highest BCUT2D eigenvalue weighted by molar-refractivity contribution is 9.13. The standard InChI is InChI=1S/C12H8Br2N2O3S/c13-9-5-10(20-11(9)14)12(17)15-6-7-1-3-8(4-2-7)16(18)19/h1-5H,6H2,(H,15,17). The van der Waals surface area contributed by atoms with Crippen molar-refractivity contribution < 1.29 is 9.72 Å². The highest BCUT2D eigenvalue weighted by Crippen LogP contribution is 2.32. The zero-order valence-corrected chi connectivity index (χ0v) is 13.9. The molecule has 1 amide bonds. The Kier molecular flexibility index (Phi) is 4.90. The molecule has 0 bridgehead atoms. The number of nitrogens with zero attached hydrogens (tertiary/aromatic N) is 1. The van der Waals surface area contributed by atoms with Gasteiger partial charge in [-0.15, -0.1) is 11.3 Å². The van der Waals surface area contributed by atoms with Crippen LogP contribution in [0, 0.1) is 10.1 Å². The van der Waals surface area contributed by atoms with Crippen molar-refractivity contribution in [2.45, 2.75) is 6.54 Å². The van der Waals surface area contributed by atoms with Crippen LogP contribution in [0.25, 0.3) is 0 Å². The Labute approximate surface area is 135 Å². The largest absolute Gasteiger partial charge is 0.347 e. The van der Waals surface area contributed by atoms with E-state index in [1.54, 1.807) is 18.2 Å². The van der Waals surface area contributed by atoms with Crippen LogP contribution in [0.2, 0.25) is 0 Å². The summed E-state index contributed by atoms with van der Waals surface area (Å²) in [5, 5.41) is 13.3. The van der Waals surface area contributed by atoms with Crippen LogP contribution in [0.1, 0.15) is 15.2 Å². The smallest absolute Gasteiger partial charge is 0.269 e. The van der Waals surface area contributed by atoms with Gasteiger partial charge in [0.15, 0.2) is 0 Å². The molecule has 1 aromatic heterocycles. The van der Waals surface area contributed by atoms with Gasteiger partial charge in [-0.1, -0.05) is 12.1 Å². The fourth-order valence-electron chi connectivity index (χ4n) is 1.46. The fraction of sp³-hybridized carbons (Fsp3) is 0.0833. The number of benzene rings is 1. The maximum absolute atomic E-state index is 11.9. The molecule has 0 unspecified atom stereocenters. The molecule has 0 fully saturated rings. The van der Waals surface area contributed by atoms with E-state index in [1.807, 2.05) is 0 Å². The Morgan fingerprint density at radius 2 is 1.95 bits per heavy atom. The van der Waals surface area contributed by atoms with Gasteiger partial charge in [0, 0.05) is 23.2 Å². The number of nitro groups is 1. The van der Waals surface area contributed by atoms with Gasteiger partial charge < -0.3 is 5.32 Å². The second kappa shape index (κ2) is 6.47. The average molecular weight is 420 g/mol. The normalized spacial score (nSPS) is 10.3. The summed E-state index contributed by atoms with van der Waals surface area (Å²) >= 11 is 7.98. The first-order valence-corrected chi connectivity index (χ1v) is 7.84. The van der Waals surface area contributed by atoms with E-state index in [0.717, 1.165) is 13.8 Å². The van der Waals surface area contributed by atoms with Gasteiger partial charge in [0.2, 0.25) is 0 Å². The molecule has 5 nitrogen and oxygen atoms in total. The van der Waals surface area contributed by atoms with Crippen molar-refractivity contribution in [1.82, 2.24) is 5.32 Å². The number of carbonyl (C=O) groups excluding carboxylic acids is 1. The number of amides is 1. The van der Waals surface area contributed by atoms with E-state index in [-0.39, 0.29) is 11.6 Å². The van der Waals surface area contributed by atoms with Crippen molar-refractivity contribution in [3.05, 3.63) is 59.1 Å². The maximum Gasteiger partial charge on any atom is 0.269 e. The summed E-state index contributed by atoms with van der Waals surface area (Å²) in [6.07, 6.45) is 0. The van der Waals surface area contributed by atoms with Crippen LogP contribution < -0.4 is 5.32 Å². The molecule has 0 aliphatic rings. The van der Waals surface area contributed by atoms with Gasteiger partial charge in [-0.05, 0) is 43.5 Å². The molecule has 0 aliphatic heterocycles. The third kappa shape index (κ3) is 3.65. The predicted molar refractivity (Wildman–Crippen MR) is 84.0 cm³/mol. The summed E-state index contributed by atoms with van der Waals surface area (Å²) in [4.78, 5) is 22.6. The van der Waals surface area contributed by atoms with Crippen molar-refractivity contribution in [2.24, 2.45) is 0 Å². The molecule has 0 saturated carbocycles. The van der Waals surface area contributed by atoms with Crippen LogP contribution in [0.3, 0.4) is 0 Å². The van der Waals surface area contributed by atoms with E-state index in [1.165, 1.54) is 23.5 Å². The number of non-ortho nitro benzene ring substituents is 1. The number of hydrogen-bond donors (Lipinski definition) is 1. The molecule has 0 radical (unpaired) electrons. The summed E-state index contributed by atoms with van der Waals surface area (Å²) in [5.41, 5.74) is 0.838. The molecular weight excluding hydrogens is 412 g/mol. The lowest BCUT2D eigenvalue weighted by molar-refractivity contribution is -0.384. The first-order chi connectivity index (χ1) is 9.47. The Balaban J connectivity index is 1.98. The van der Waals surface area contributed by atoms with Crippen molar-refractivity contribution in [3.8, 4) is 0 Å². The quantitative estimate of drug-likeness (QED) is 0.598. The van der Waals surface area contributed by atoms with Crippen molar-refractivity contribution in [2.75, 3.05) is 0 Å². The number of halogens is 2. The van der Waals surface area contributed by atoms with E-state index in [2.05, 4.69) is 37.2 Å². The monoisotopic (exact) mass is 418 g/mol. The molecule has 20 heavy (non-hydrogen) atoms. The molecule has 0 aliphatic carbocycles. The van der Waals surface area contributed by atoms with Crippen LogP contribution in [-0.2, 0) is 6.54 Å². The van der Waals surface area contributed by atoms with Gasteiger partial charge in [0.05, 0.1) is 13.6 Å². The third-order valence-corrected chi connectivity index (χ3v) is 5.72. The van der Waals surface area contributed by atoms with E-state index in [0.29, 0.717) is 11.4 Å². The Morgan fingerprint density at radius 3 is 2.45 bits per heavy atom. The number of nitrogens with one attached hydrogen (secondary N) is 1. The zero-order valence-electron chi connectivity index (χ0n) is 9.93. The van der Waals surface area contributed by atoms with Gasteiger partial charge in [-0.3, -0.25) is 14.9 Å². The number of rotatable bonds is 4. The Bertz CT molecular complexity index is 636. The summed E-state index contributed by atoms with van der Waals surface area (Å²) in [6, 6.07) is 7.82. The molecule has 8 heteroatoms. The minimum absolute atomic E-state index is 0.0335. The Hall–Kier alpha value is -1.25. The second-order valence-corrected chi connectivity index (χ2v) is 7.06. The molecule has 0 saturated heterocycles. The van der Waals surface area contributed by atoms with Gasteiger partial charge in [0.25, 0.3) is 11.6 Å². The molecular formula is C12H8Br2N2O3S. The lowest BCUT2D eigenvalue weighted by Crippen LogP contribution is -2.21. The van der Waals surface area contributed by atoms with Crippen molar-refractivity contribution >= 4 is 54.8 Å². The summed E-state index contributed by atoms with van der Waals surface area (Å²) in [5.74, 6) is -0.181. The minimum atomic E-state index is -0.455. The van der Waals surface area contributed by atoms with Crippen LogP contribution in [-0.4, -0.2) is 10.8 Å². The zero-order chi connectivity index (χ0) is 14.7. The lowest BCUT2D eigenvalue weighted by atomic mass is 10.2. The molecule has 104 valence electrons. The van der Waals surface area contributed by atoms with Crippen molar-refractivity contribution in [1.29, 1.82) is 0 Å². The molecule has 2 rings (SSSR count). The SMILES string of the molecule is O=C(NCc1ccc([N+](=O)[O-])cc1)c1cc(Br)c(Br)s1. The van der Waals surface area contributed by atoms with Crippen LogP contribution in [0.4, 0.5) is 5.69 Å². The van der Waals surface area contributed by atoms with E-state index in [9.17, 15) is 14.9 Å². The number of thiophene rings is 1. The third-order valence-electron chi connectivity index (χ3n) is 2.47. The fourth-order valence-corrected chi connectivity index (χ4v) is 3.42. The Morgan fingerprint density at radius 1 is 1.30 bits per heavy atom. The van der Waals surface area contributed by atoms with Crippen LogP contribution >= 0.6 is 43.2 Å². The predicted octanol–water partition coefficient (Wildman–Crippen LogP) is 4.11. The minimum Gasteiger partial charge on any atom is -0.347 e. The number of hydrogen-bond acceptors (Lipinski definition) is 4. The summed E-state index contributed by atoms with van der Waals surface area (Å²) in [6.45, 7) is 0.323. The van der Waals surface area contributed by atoms with Gasteiger partial charge in [0.1, 0.15) is 0 Å². The maximum atomic E-state index is 11.9. The highest BCUT2D eigenvalue weighted by atomic mass is 79.9. The highest BCUT2D eigenvalue weighted by Gasteiger charge is 2.12.